The highest BCUT2D eigenvalue weighted by molar-refractivity contribution is 6.24. The van der Waals surface area contributed by atoms with E-state index in [2.05, 4.69) is 254 Å². The molecule has 0 N–H and O–H groups in total. The van der Waals surface area contributed by atoms with Gasteiger partial charge in [-0.15, -0.1) is 0 Å². The number of rotatable bonds is 7. The summed E-state index contributed by atoms with van der Waals surface area (Å²) in [6.07, 6.45) is 0. The molecule has 0 spiro atoms. The van der Waals surface area contributed by atoms with Gasteiger partial charge in [-0.2, -0.15) is 0 Å². The summed E-state index contributed by atoms with van der Waals surface area (Å²) in [7, 11) is 0. The van der Waals surface area contributed by atoms with Crippen LogP contribution in [0.4, 0.5) is 17.1 Å². The maximum absolute atomic E-state index is 2.48. The van der Waals surface area contributed by atoms with Crippen LogP contribution in [0, 0.1) is 0 Å². The zero-order valence-corrected chi connectivity index (χ0v) is 35.3. The van der Waals surface area contributed by atoms with Crippen molar-refractivity contribution < 1.29 is 0 Å². The van der Waals surface area contributed by atoms with Crippen LogP contribution in [0.1, 0.15) is 25.0 Å². The number of hydrogen-bond donors (Lipinski definition) is 0. The molecule has 0 atom stereocenters. The zero-order valence-electron chi connectivity index (χ0n) is 35.3. The minimum atomic E-state index is -0.0891. The lowest BCUT2D eigenvalue weighted by Crippen LogP contribution is -2.16. The lowest BCUT2D eigenvalue weighted by atomic mass is 9.82. The van der Waals surface area contributed by atoms with E-state index < -0.39 is 0 Å². The van der Waals surface area contributed by atoms with E-state index in [4.69, 9.17) is 0 Å². The molecule has 2 heteroatoms. The van der Waals surface area contributed by atoms with E-state index in [-0.39, 0.29) is 5.41 Å². The van der Waals surface area contributed by atoms with Gasteiger partial charge in [0.05, 0.1) is 11.0 Å². The third-order valence-electron chi connectivity index (χ3n) is 13.4. The van der Waals surface area contributed by atoms with Crippen molar-refractivity contribution in [2.75, 3.05) is 4.90 Å². The van der Waals surface area contributed by atoms with Gasteiger partial charge < -0.3 is 9.47 Å². The molecule has 0 saturated carbocycles. The van der Waals surface area contributed by atoms with E-state index in [0.717, 1.165) is 22.7 Å². The van der Waals surface area contributed by atoms with Crippen molar-refractivity contribution in [2.45, 2.75) is 19.3 Å². The summed E-state index contributed by atoms with van der Waals surface area (Å²) in [5.41, 5.74) is 19.5. The normalized spacial score (nSPS) is 12.7. The minimum absolute atomic E-state index is 0.0891. The smallest absolute Gasteiger partial charge is 0.0625 e. The van der Waals surface area contributed by atoms with Gasteiger partial charge in [0.25, 0.3) is 0 Å². The predicted octanol–water partition coefficient (Wildman–Crippen LogP) is 16.7. The molecule has 1 aromatic heterocycles. The second-order valence-electron chi connectivity index (χ2n) is 17.3. The Morgan fingerprint density at radius 2 is 0.921 bits per heavy atom. The summed E-state index contributed by atoms with van der Waals surface area (Å²) in [4.78, 5) is 2.39. The molecule has 0 saturated heterocycles. The Labute approximate surface area is 368 Å². The highest BCUT2D eigenvalue weighted by Gasteiger charge is 2.35. The largest absolute Gasteiger partial charge is 0.310 e. The second kappa shape index (κ2) is 14.6. The molecule has 0 unspecified atom stereocenters. The van der Waals surface area contributed by atoms with Crippen LogP contribution in [0.3, 0.4) is 0 Å². The van der Waals surface area contributed by atoms with Crippen LogP contribution in [0.5, 0.6) is 0 Å². The molecule has 1 aliphatic rings. The Morgan fingerprint density at radius 1 is 0.365 bits per heavy atom. The quantitative estimate of drug-likeness (QED) is 0.156. The van der Waals surface area contributed by atoms with Crippen molar-refractivity contribution in [3.05, 3.63) is 242 Å². The molecule has 1 aliphatic carbocycles. The van der Waals surface area contributed by atoms with Gasteiger partial charge in [-0.05, 0) is 128 Å². The molecule has 298 valence electrons. The third kappa shape index (κ3) is 6.02. The van der Waals surface area contributed by atoms with Crippen LogP contribution in [-0.4, -0.2) is 4.57 Å². The van der Waals surface area contributed by atoms with Crippen LogP contribution >= 0.6 is 0 Å². The van der Waals surface area contributed by atoms with Crippen molar-refractivity contribution in [3.8, 4) is 50.2 Å². The molecule has 0 fully saturated rings. The Kier molecular flexibility index (Phi) is 8.55. The van der Waals surface area contributed by atoms with Gasteiger partial charge in [-0.25, -0.2) is 0 Å². The number of aromatic nitrogens is 1. The summed E-state index contributed by atoms with van der Waals surface area (Å²) in [5, 5.41) is 4.96. The van der Waals surface area contributed by atoms with Gasteiger partial charge >= 0.3 is 0 Å². The van der Waals surface area contributed by atoms with Crippen LogP contribution in [0.2, 0.25) is 0 Å². The first-order valence-corrected chi connectivity index (χ1v) is 21.9. The number of benzene rings is 10. The summed E-state index contributed by atoms with van der Waals surface area (Å²) in [6.45, 7) is 4.70. The van der Waals surface area contributed by atoms with E-state index in [1.54, 1.807) is 0 Å². The SMILES string of the molecule is CC1(C)c2ccccc2-c2ccc(N(c3ccccc3)c3ccc(-c4ccc5c(c4)c4c(-c6ccccc6)cc6ccccc6c4n5-c4ccc(-c5ccccc5)cc4)cc3)cc21. The fraction of sp³-hybridized carbons (Fsp3) is 0.0492. The van der Waals surface area contributed by atoms with E-state index in [9.17, 15) is 0 Å². The molecule has 10 aromatic carbocycles. The molecular formula is C61H44N2. The Morgan fingerprint density at radius 3 is 1.68 bits per heavy atom. The summed E-state index contributed by atoms with van der Waals surface area (Å²) in [6, 6.07) is 84.6. The lowest BCUT2D eigenvalue weighted by molar-refractivity contribution is 0.660. The van der Waals surface area contributed by atoms with E-state index >= 15 is 0 Å². The third-order valence-corrected chi connectivity index (χ3v) is 13.4. The molecular weight excluding hydrogens is 761 g/mol. The topological polar surface area (TPSA) is 8.17 Å². The standard InChI is InChI=1S/C61H44N2/c1-61(2)56-25-15-14-24-52(56)53-36-35-50(40-57(53)61)62(47-21-10-5-11-22-47)48-31-28-43(29-32-48)45-30-37-58-55(38-45)59-54(44-18-8-4-9-19-44)39-46-20-12-13-23-51(46)60(59)63(58)49-33-26-42(27-34-49)41-16-6-3-7-17-41/h3-40H,1-2H3. The van der Waals surface area contributed by atoms with Gasteiger partial charge in [0.2, 0.25) is 0 Å². The van der Waals surface area contributed by atoms with E-state index in [1.807, 2.05) is 0 Å². The summed E-state index contributed by atoms with van der Waals surface area (Å²) in [5.74, 6) is 0. The fourth-order valence-corrected chi connectivity index (χ4v) is 10.3. The van der Waals surface area contributed by atoms with Crippen molar-refractivity contribution in [1.82, 2.24) is 4.57 Å². The van der Waals surface area contributed by atoms with Crippen molar-refractivity contribution in [2.24, 2.45) is 0 Å². The molecule has 0 radical (unpaired) electrons. The van der Waals surface area contributed by atoms with Crippen molar-refractivity contribution in [3.63, 3.8) is 0 Å². The van der Waals surface area contributed by atoms with Gasteiger partial charge in [0.1, 0.15) is 0 Å². The number of hydrogen-bond acceptors (Lipinski definition) is 1. The molecule has 1 heterocycles. The summed E-state index contributed by atoms with van der Waals surface area (Å²) >= 11 is 0. The molecule has 11 aromatic rings. The van der Waals surface area contributed by atoms with Gasteiger partial charge in [-0.1, -0.05) is 178 Å². The lowest BCUT2D eigenvalue weighted by Gasteiger charge is -2.28. The van der Waals surface area contributed by atoms with Crippen LogP contribution in [0.25, 0.3) is 82.8 Å². The van der Waals surface area contributed by atoms with E-state index in [1.165, 1.54) is 88.2 Å². The highest BCUT2D eigenvalue weighted by Crippen LogP contribution is 2.51. The van der Waals surface area contributed by atoms with Crippen LogP contribution < -0.4 is 4.90 Å². The first kappa shape index (κ1) is 36.9. The molecule has 0 bridgehead atoms. The monoisotopic (exact) mass is 804 g/mol. The van der Waals surface area contributed by atoms with Gasteiger partial charge in [0, 0.05) is 44.3 Å². The number of anilines is 3. The number of nitrogens with zero attached hydrogens (tertiary/aromatic N) is 2. The number of fused-ring (bicyclic) bond motifs is 8. The average Bonchev–Trinajstić information content (AvgIpc) is 3.81. The number of para-hydroxylation sites is 1. The molecule has 2 nitrogen and oxygen atoms in total. The van der Waals surface area contributed by atoms with E-state index in [0.29, 0.717) is 0 Å². The minimum Gasteiger partial charge on any atom is -0.310 e. The Hall–Kier alpha value is -7.94. The van der Waals surface area contributed by atoms with Gasteiger partial charge in [-0.3, -0.25) is 0 Å². The molecule has 63 heavy (non-hydrogen) atoms. The first-order valence-electron chi connectivity index (χ1n) is 21.9. The van der Waals surface area contributed by atoms with Crippen LogP contribution in [-0.2, 0) is 5.41 Å². The highest BCUT2D eigenvalue weighted by atomic mass is 15.1. The van der Waals surface area contributed by atoms with Gasteiger partial charge in [0.15, 0.2) is 0 Å². The molecule has 0 amide bonds. The Balaban J connectivity index is 1.01. The molecule has 0 aliphatic heterocycles. The van der Waals surface area contributed by atoms with Crippen molar-refractivity contribution >= 4 is 49.6 Å². The maximum atomic E-state index is 2.48. The average molecular weight is 805 g/mol. The maximum Gasteiger partial charge on any atom is 0.0625 e. The molecule has 12 rings (SSSR count). The fourth-order valence-electron chi connectivity index (χ4n) is 10.3. The zero-order chi connectivity index (χ0) is 42.1. The second-order valence-corrected chi connectivity index (χ2v) is 17.3. The first-order chi connectivity index (χ1) is 31.0. The van der Waals surface area contributed by atoms with Crippen molar-refractivity contribution in [1.29, 1.82) is 0 Å². The van der Waals surface area contributed by atoms with Crippen LogP contribution in [0.15, 0.2) is 231 Å². The summed E-state index contributed by atoms with van der Waals surface area (Å²) < 4.78 is 2.48. The predicted molar refractivity (Wildman–Crippen MR) is 267 cm³/mol. The Bertz CT molecular complexity index is 3490.